The van der Waals surface area contributed by atoms with E-state index in [1.165, 1.54) is 0 Å². The Morgan fingerprint density at radius 2 is 1.81 bits per heavy atom. The van der Waals surface area contributed by atoms with Crippen LogP contribution in [0.15, 0.2) is 51.8 Å². The highest BCUT2D eigenvalue weighted by Crippen LogP contribution is 2.23. The molecular formula is C21H24BrN5O3S. The van der Waals surface area contributed by atoms with E-state index in [1.807, 2.05) is 24.3 Å². The molecule has 0 bridgehead atoms. The van der Waals surface area contributed by atoms with Crippen molar-refractivity contribution >= 4 is 48.6 Å². The topological polar surface area (TPSA) is 97.2 Å². The number of aromatic nitrogens is 3. The molecule has 4 rings (SSSR count). The number of hydrogen-bond acceptors (Lipinski definition) is 5. The molecule has 1 aliphatic heterocycles. The third-order valence-electron chi connectivity index (χ3n) is 5.34. The monoisotopic (exact) mass is 505 g/mol. The molecule has 2 aromatic carbocycles. The first-order chi connectivity index (χ1) is 14.9. The van der Waals surface area contributed by atoms with Crippen molar-refractivity contribution in [2.45, 2.75) is 43.5 Å². The summed E-state index contributed by atoms with van der Waals surface area (Å²) in [6.45, 7) is 1.65. The highest BCUT2D eigenvalue weighted by atomic mass is 79.9. The van der Waals surface area contributed by atoms with Gasteiger partial charge >= 0.3 is 0 Å². The number of amides is 1. The zero-order chi connectivity index (χ0) is 21.8. The maximum Gasteiger partial charge on any atom is 0.243 e. The molecule has 2 heterocycles. The Labute approximate surface area is 189 Å². The third kappa shape index (κ3) is 5.13. The third-order valence-corrected chi connectivity index (χ3v) is 7.76. The molecule has 0 unspecified atom stereocenters. The van der Waals surface area contributed by atoms with E-state index in [2.05, 4.69) is 31.6 Å². The highest BCUT2D eigenvalue weighted by Gasteiger charge is 2.26. The predicted molar refractivity (Wildman–Crippen MR) is 122 cm³/mol. The van der Waals surface area contributed by atoms with Gasteiger partial charge in [-0.05, 0) is 61.7 Å². The van der Waals surface area contributed by atoms with Gasteiger partial charge < -0.3 is 5.32 Å². The van der Waals surface area contributed by atoms with E-state index in [4.69, 9.17) is 0 Å². The maximum atomic E-state index is 12.9. The average Bonchev–Trinajstić information content (AvgIpc) is 3.18. The fraction of sp³-hybridized carbons (Fsp3) is 0.381. The quantitative estimate of drug-likeness (QED) is 0.526. The Bertz CT molecular complexity index is 1170. The number of piperidine rings is 1. The van der Waals surface area contributed by atoms with Crippen LogP contribution in [0.1, 0.15) is 32.1 Å². The van der Waals surface area contributed by atoms with E-state index in [0.29, 0.717) is 38.0 Å². The van der Waals surface area contributed by atoms with Crippen LogP contribution in [-0.2, 0) is 21.4 Å². The normalized spacial score (nSPS) is 15.3. The molecule has 1 saturated heterocycles. The molecule has 0 spiro atoms. The molecule has 10 heteroatoms. The van der Waals surface area contributed by atoms with Gasteiger partial charge in [-0.25, -0.2) is 13.1 Å². The minimum Gasteiger partial charge on any atom is -0.326 e. The largest absolute Gasteiger partial charge is 0.326 e. The molecule has 1 fully saturated rings. The van der Waals surface area contributed by atoms with Gasteiger partial charge in [-0.15, -0.1) is 5.10 Å². The van der Waals surface area contributed by atoms with E-state index in [0.717, 1.165) is 34.9 Å². The Balaban J connectivity index is 1.38. The van der Waals surface area contributed by atoms with Gasteiger partial charge in [-0.2, -0.15) is 4.31 Å². The number of carbonyl (C=O) groups excluding carboxylic acids is 1. The fourth-order valence-electron chi connectivity index (χ4n) is 3.68. The lowest BCUT2D eigenvalue weighted by Crippen LogP contribution is -2.35. The van der Waals surface area contributed by atoms with Crippen LogP contribution in [-0.4, -0.2) is 46.7 Å². The van der Waals surface area contributed by atoms with E-state index < -0.39 is 10.0 Å². The van der Waals surface area contributed by atoms with Crippen LogP contribution in [0.5, 0.6) is 0 Å². The zero-order valence-electron chi connectivity index (χ0n) is 17.0. The second-order valence-corrected chi connectivity index (χ2v) is 10.4. The molecule has 1 amide bonds. The van der Waals surface area contributed by atoms with Crippen molar-refractivity contribution in [1.29, 1.82) is 0 Å². The first-order valence-corrected chi connectivity index (χ1v) is 12.6. The van der Waals surface area contributed by atoms with E-state index in [1.54, 1.807) is 27.2 Å². The summed E-state index contributed by atoms with van der Waals surface area (Å²) >= 11 is 3.37. The lowest BCUT2D eigenvalue weighted by atomic mass is 10.2. The molecule has 1 N–H and O–H groups in total. The van der Waals surface area contributed by atoms with Crippen molar-refractivity contribution in [3.8, 4) is 0 Å². The van der Waals surface area contributed by atoms with Crippen molar-refractivity contribution in [3.63, 3.8) is 0 Å². The number of halogens is 1. The molecule has 0 saturated carbocycles. The molecule has 8 nitrogen and oxygen atoms in total. The van der Waals surface area contributed by atoms with Crippen LogP contribution < -0.4 is 5.32 Å². The minimum atomic E-state index is -3.50. The number of nitrogens with one attached hydrogen (secondary N) is 1. The van der Waals surface area contributed by atoms with Crippen LogP contribution in [0.25, 0.3) is 11.0 Å². The second kappa shape index (κ2) is 9.46. The zero-order valence-corrected chi connectivity index (χ0v) is 19.4. The van der Waals surface area contributed by atoms with Gasteiger partial charge in [0.25, 0.3) is 0 Å². The summed E-state index contributed by atoms with van der Waals surface area (Å²) in [4.78, 5) is 12.4. The van der Waals surface area contributed by atoms with Gasteiger partial charge in [0.15, 0.2) is 0 Å². The van der Waals surface area contributed by atoms with Crippen molar-refractivity contribution in [2.24, 2.45) is 0 Å². The molecule has 3 aromatic rings. The molecular weight excluding hydrogens is 482 g/mol. The van der Waals surface area contributed by atoms with Crippen molar-refractivity contribution in [2.75, 3.05) is 18.4 Å². The number of nitrogens with zero attached hydrogens (tertiary/aromatic N) is 4. The molecule has 1 aromatic heterocycles. The lowest BCUT2D eigenvalue weighted by molar-refractivity contribution is -0.116. The molecule has 1 aliphatic rings. The van der Waals surface area contributed by atoms with Crippen LogP contribution >= 0.6 is 15.9 Å². The lowest BCUT2D eigenvalue weighted by Gasteiger charge is -2.25. The summed E-state index contributed by atoms with van der Waals surface area (Å²) in [5, 5.41) is 11.1. The molecule has 0 atom stereocenters. The minimum absolute atomic E-state index is 0.0679. The number of fused-ring (bicyclic) bond motifs is 1. The number of sulfonamides is 1. The van der Waals surface area contributed by atoms with Crippen LogP contribution in [0.2, 0.25) is 0 Å². The Kier molecular flexibility index (Phi) is 6.68. The van der Waals surface area contributed by atoms with Gasteiger partial charge in [0.1, 0.15) is 5.52 Å². The summed E-state index contributed by atoms with van der Waals surface area (Å²) in [7, 11) is -3.50. The van der Waals surface area contributed by atoms with E-state index in [9.17, 15) is 13.2 Å². The van der Waals surface area contributed by atoms with Gasteiger partial charge in [-0.1, -0.05) is 27.6 Å². The van der Waals surface area contributed by atoms with Gasteiger partial charge in [-0.3, -0.25) is 4.79 Å². The summed E-state index contributed by atoms with van der Waals surface area (Å²) in [5.41, 5.74) is 2.05. The number of rotatable bonds is 7. The molecule has 31 heavy (non-hydrogen) atoms. The second-order valence-electron chi connectivity index (χ2n) is 7.59. The summed E-state index contributed by atoms with van der Waals surface area (Å²) in [6, 6.07) is 12.4. The molecule has 0 radical (unpaired) electrons. The van der Waals surface area contributed by atoms with Gasteiger partial charge in [0.2, 0.25) is 15.9 Å². The molecule has 0 aliphatic carbocycles. The predicted octanol–water partition coefficient (Wildman–Crippen LogP) is 3.79. The standard InChI is InChI=1S/C21H24BrN5O3S/c22-16-6-8-17(9-7-16)23-21(28)5-4-14-27-20-11-10-18(15-19(20)24-25-27)31(29,30)26-12-2-1-3-13-26/h6-11,15H,1-5,12-14H2,(H,23,28). The van der Waals surface area contributed by atoms with Crippen molar-refractivity contribution in [3.05, 3.63) is 46.9 Å². The number of carbonyl (C=O) groups is 1. The number of benzene rings is 2. The van der Waals surface area contributed by atoms with Crippen LogP contribution in [0, 0.1) is 0 Å². The number of aryl methyl sites for hydroxylation is 1. The summed E-state index contributed by atoms with van der Waals surface area (Å²) in [5.74, 6) is -0.0679. The van der Waals surface area contributed by atoms with Crippen molar-refractivity contribution < 1.29 is 13.2 Å². The highest BCUT2D eigenvalue weighted by molar-refractivity contribution is 9.10. The Hall–Kier alpha value is -2.30. The van der Waals surface area contributed by atoms with Crippen LogP contribution in [0.3, 0.4) is 0 Å². The SMILES string of the molecule is O=C(CCCn1nnc2cc(S(=O)(=O)N3CCCCC3)ccc21)Nc1ccc(Br)cc1. The smallest absolute Gasteiger partial charge is 0.243 e. The van der Waals surface area contributed by atoms with Crippen LogP contribution in [0.4, 0.5) is 5.69 Å². The van der Waals surface area contributed by atoms with Gasteiger partial charge in [0.05, 0.1) is 10.4 Å². The Morgan fingerprint density at radius 1 is 1.06 bits per heavy atom. The van der Waals surface area contributed by atoms with E-state index >= 15 is 0 Å². The first kappa shape index (κ1) is 21.9. The summed E-state index contributed by atoms with van der Waals surface area (Å²) in [6.07, 6.45) is 3.80. The number of anilines is 1. The molecule has 164 valence electrons. The van der Waals surface area contributed by atoms with E-state index in [-0.39, 0.29) is 10.8 Å². The Morgan fingerprint density at radius 3 is 2.55 bits per heavy atom. The van der Waals surface area contributed by atoms with Gasteiger partial charge in [0, 0.05) is 36.2 Å². The number of hydrogen-bond donors (Lipinski definition) is 1. The van der Waals surface area contributed by atoms with Crippen molar-refractivity contribution in [1.82, 2.24) is 19.3 Å². The fourth-order valence-corrected chi connectivity index (χ4v) is 5.48. The maximum absolute atomic E-state index is 12.9. The summed E-state index contributed by atoms with van der Waals surface area (Å²) < 4.78 is 30.0. The first-order valence-electron chi connectivity index (χ1n) is 10.3. The average molecular weight is 506 g/mol.